The van der Waals surface area contributed by atoms with E-state index >= 15 is 17.6 Å². The number of hydrogen-bond acceptors (Lipinski definition) is 12. The first-order valence-corrected chi connectivity index (χ1v) is 14.1. The topological polar surface area (TPSA) is 142 Å². The second-order valence-electron chi connectivity index (χ2n) is 9.78. The van der Waals surface area contributed by atoms with Crippen molar-refractivity contribution in [1.29, 1.82) is 0 Å². The predicted octanol–water partition coefficient (Wildman–Crippen LogP) is 5.13. The Morgan fingerprint density at radius 1 is 0.471 bits per heavy atom. The Labute approximate surface area is 283 Å². The standard InChI is InChI=1S/C29H34F10O12/c1-5-20(40)46-13-9-12-44-16-24(17-45-18-25(30,31)19-49-23(43)8-4,28(36,37)50-26(32,33)10-14-47-21(41)6-2)29(38,39)51-27(34,35)11-15-48-22(42)7-3/h5-8H,1-4,9-19H2. The summed E-state index contributed by atoms with van der Waals surface area (Å²) >= 11 is 0. The third kappa shape index (κ3) is 17.2. The van der Waals surface area contributed by atoms with Gasteiger partial charge in [0, 0.05) is 37.3 Å². The lowest BCUT2D eigenvalue weighted by Crippen LogP contribution is -2.64. The molecule has 0 amide bonds. The normalized spacial score (nSPS) is 12.7. The molecule has 0 spiro atoms. The maximum atomic E-state index is 15.8. The minimum absolute atomic E-state index is 0.435. The van der Waals surface area contributed by atoms with Gasteiger partial charge in [-0.15, -0.1) is 0 Å². The third-order valence-corrected chi connectivity index (χ3v) is 5.72. The zero-order chi connectivity index (χ0) is 39.6. The van der Waals surface area contributed by atoms with E-state index in [-0.39, 0.29) is 0 Å². The molecule has 0 N–H and O–H groups in total. The minimum atomic E-state index is -6.13. The number of hydrogen-bond donors (Lipinski definition) is 0. The molecule has 12 nitrogen and oxygen atoms in total. The van der Waals surface area contributed by atoms with E-state index in [1.54, 1.807) is 0 Å². The Kier molecular flexibility index (Phi) is 19.1. The molecule has 0 unspecified atom stereocenters. The quantitative estimate of drug-likeness (QED) is 0.0343. The molecule has 0 aromatic heterocycles. The summed E-state index contributed by atoms with van der Waals surface area (Å²) in [5.74, 6) is -9.43. The molecular weight excluding hydrogens is 730 g/mol. The van der Waals surface area contributed by atoms with Crippen LogP contribution in [0.1, 0.15) is 19.3 Å². The lowest BCUT2D eigenvalue weighted by molar-refractivity contribution is -0.497. The van der Waals surface area contributed by atoms with Crippen molar-refractivity contribution in [2.24, 2.45) is 5.41 Å². The molecule has 0 atom stereocenters. The van der Waals surface area contributed by atoms with Crippen LogP contribution in [0.5, 0.6) is 0 Å². The number of halogens is 10. The van der Waals surface area contributed by atoms with Gasteiger partial charge in [-0.2, -0.15) is 35.1 Å². The summed E-state index contributed by atoms with van der Waals surface area (Å²) in [5, 5.41) is 0. The molecule has 0 radical (unpaired) electrons. The van der Waals surface area contributed by atoms with E-state index < -0.39 is 132 Å². The molecular formula is C29H34F10O12. The highest BCUT2D eigenvalue weighted by atomic mass is 19.3. The van der Waals surface area contributed by atoms with Crippen molar-refractivity contribution in [3.63, 3.8) is 0 Å². The summed E-state index contributed by atoms with van der Waals surface area (Å²) in [7, 11) is 0. The smallest absolute Gasteiger partial charge is 0.378 e. The van der Waals surface area contributed by atoms with Gasteiger partial charge in [0.05, 0.1) is 45.9 Å². The highest BCUT2D eigenvalue weighted by molar-refractivity contribution is 5.82. The molecule has 22 heteroatoms. The average molecular weight is 765 g/mol. The molecule has 0 aromatic carbocycles. The van der Waals surface area contributed by atoms with Crippen molar-refractivity contribution in [2.45, 2.75) is 49.6 Å². The predicted molar refractivity (Wildman–Crippen MR) is 149 cm³/mol. The fourth-order valence-corrected chi connectivity index (χ4v) is 3.17. The summed E-state index contributed by atoms with van der Waals surface area (Å²) in [4.78, 5) is 44.5. The Hall–Kier alpha value is -4.02. The van der Waals surface area contributed by atoms with E-state index in [0.29, 0.717) is 24.3 Å². The number of carbonyl (C=O) groups excluding carboxylic acids is 4. The first kappa shape index (κ1) is 47.0. The highest BCUT2D eigenvalue weighted by Gasteiger charge is 2.75. The lowest BCUT2D eigenvalue weighted by Gasteiger charge is -2.44. The van der Waals surface area contributed by atoms with E-state index in [1.807, 2.05) is 0 Å². The molecule has 51 heavy (non-hydrogen) atoms. The first-order chi connectivity index (χ1) is 23.4. The molecule has 0 aromatic rings. The zero-order valence-electron chi connectivity index (χ0n) is 26.6. The second-order valence-corrected chi connectivity index (χ2v) is 9.78. The molecule has 0 rings (SSSR count). The fraction of sp³-hybridized carbons (Fsp3) is 0.586. The number of carbonyl (C=O) groups is 4. The van der Waals surface area contributed by atoms with Gasteiger partial charge in [0.25, 0.3) is 0 Å². The lowest BCUT2D eigenvalue weighted by atomic mass is 9.86. The summed E-state index contributed by atoms with van der Waals surface area (Å²) in [6.07, 6.45) is -25.0. The Morgan fingerprint density at radius 3 is 1.25 bits per heavy atom. The Balaban J connectivity index is 6.81. The monoisotopic (exact) mass is 764 g/mol. The van der Waals surface area contributed by atoms with E-state index in [9.17, 15) is 45.5 Å². The van der Waals surface area contributed by atoms with E-state index in [2.05, 4.69) is 59.5 Å². The molecule has 0 fully saturated rings. The molecule has 0 heterocycles. The van der Waals surface area contributed by atoms with E-state index in [4.69, 9.17) is 4.74 Å². The molecule has 0 aliphatic rings. The maximum absolute atomic E-state index is 15.8. The summed E-state index contributed by atoms with van der Waals surface area (Å²) < 4.78 is 183. The summed E-state index contributed by atoms with van der Waals surface area (Å²) in [6, 6.07) is 0. The van der Waals surface area contributed by atoms with Gasteiger partial charge in [0.1, 0.15) is 6.61 Å². The van der Waals surface area contributed by atoms with Crippen molar-refractivity contribution in [1.82, 2.24) is 0 Å². The number of rotatable bonds is 28. The van der Waals surface area contributed by atoms with Gasteiger partial charge in [-0.3, -0.25) is 9.47 Å². The van der Waals surface area contributed by atoms with Gasteiger partial charge < -0.3 is 28.4 Å². The van der Waals surface area contributed by atoms with Crippen molar-refractivity contribution in [3.05, 3.63) is 50.6 Å². The molecule has 0 aliphatic carbocycles. The summed E-state index contributed by atoms with van der Waals surface area (Å²) in [5.41, 5.74) is -5.02. The Morgan fingerprint density at radius 2 is 0.843 bits per heavy atom. The van der Waals surface area contributed by atoms with Crippen molar-refractivity contribution in [2.75, 3.05) is 52.9 Å². The van der Waals surface area contributed by atoms with Crippen LogP contribution < -0.4 is 0 Å². The van der Waals surface area contributed by atoms with Crippen LogP contribution in [0.25, 0.3) is 0 Å². The van der Waals surface area contributed by atoms with Gasteiger partial charge in [-0.1, -0.05) is 26.3 Å². The first-order valence-electron chi connectivity index (χ1n) is 14.1. The third-order valence-electron chi connectivity index (χ3n) is 5.72. The molecule has 0 aliphatic heterocycles. The van der Waals surface area contributed by atoms with Gasteiger partial charge >= 0.3 is 54.2 Å². The van der Waals surface area contributed by atoms with Crippen LogP contribution in [0.4, 0.5) is 43.9 Å². The van der Waals surface area contributed by atoms with Gasteiger partial charge in [0.2, 0.25) is 0 Å². The second kappa shape index (κ2) is 20.7. The zero-order valence-corrected chi connectivity index (χ0v) is 26.6. The largest absolute Gasteiger partial charge is 0.462 e. The molecule has 292 valence electrons. The van der Waals surface area contributed by atoms with Crippen molar-refractivity contribution < 1.29 is 101 Å². The Bertz CT molecular complexity index is 1160. The van der Waals surface area contributed by atoms with Crippen LogP contribution in [0.2, 0.25) is 0 Å². The van der Waals surface area contributed by atoms with Crippen molar-refractivity contribution in [3.8, 4) is 0 Å². The van der Waals surface area contributed by atoms with Crippen LogP contribution in [-0.4, -0.2) is 107 Å². The van der Waals surface area contributed by atoms with Crippen molar-refractivity contribution >= 4 is 23.9 Å². The average Bonchev–Trinajstić information content (AvgIpc) is 3.02. The highest BCUT2D eigenvalue weighted by Crippen LogP contribution is 2.54. The molecule has 0 bridgehead atoms. The van der Waals surface area contributed by atoms with Gasteiger partial charge in [0.15, 0.2) is 12.0 Å². The SMILES string of the molecule is C=CC(=O)OCCCOCC(COCC(F)(F)COC(=O)C=C)(C(F)(F)OC(F)(F)CCOC(=O)C=C)C(F)(F)OC(F)(F)CCOC(=O)C=C. The van der Waals surface area contributed by atoms with E-state index in [1.165, 1.54) is 0 Å². The summed E-state index contributed by atoms with van der Waals surface area (Å²) in [6.45, 7) is -1.35. The van der Waals surface area contributed by atoms with Crippen LogP contribution in [0.15, 0.2) is 50.6 Å². The van der Waals surface area contributed by atoms with Gasteiger partial charge in [-0.05, 0) is 0 Å². The fourth-order valence-electron chi connectivity index (χ4n) is 3.17. The number of alkyl halides is 10. The number of esters is 4. The molecule has 0 saturated carbocycles. The molecule has 0 saturated heterocycles. The van der Waals surface area contributed by atoms with Gasteiger partial charge in [-0.25, -0.2) is 28.0 Å². The van der Waals surface area contributed by atoms with Crippen LogP contribution in [-0.2, 0) is 57.1 Å². The number of ether oxygens (including phenoxy) is 8. The van der Waals surface area contributed by atoms with E-state index in [0.717, 1.165) is 0 Å². The minimum Gasteiger partial charge on any atom is -0.462 e. The van der Waals surface area contributed by atoms with Crippen LogP contribution in [0.3, 0.4) is 0 Å². The van der Waals surface area contributed by atoms with Crippen LogP contribution >= 0.6 is 0 Å². The van der Waals surface area contributed by atoms with Crippen LogP contribution in [0, 0.1) is 5.41 Å². The maximum Gasteiger partial charge on any atom is 0.378 e.